The van der Waals surface area contributed by atoms with E-state index < -0.39 is 0 Å². The van der Waals surface area contributed by atoms with E-state index in [0.29, 0.717) is 12.3 Å². The number of rotatable bonds is 3. The summed E-state index contributed by atoms with van der Waals surface area (Å²) >= 11 is 1.57. The van der Waals surface area contributed by atoms with Crippen LogP contribution in [0.25, 0.3) is 0 Å². The highest BCUT2D eigenvalue weighted by atomic mass is 32.2. The zero-order valence-corrected chi connectivity index (χ0v) is 12.2. The third-order valence-electron chi connectivity index (χ3n) is 3.36. The molecule has 0 spiro atoms. The maximum absolute atomic E-state index is 11.4. The number of benzene rings is 1. The molecule has 1 aromatic carbocycles. The molecule has 1 amide bonds. The Kier molecular flexibility index (Phi) is 3.40. The Morgan fingerprint density at radius 3 is 3.00 bits per heavy atom. The molecular formula is C14H16N4OS. The highest BCUT2D eigenvalue weighted by Crippen LogP contribution is 2.33. The Morgan fingerprint density at radius 1 is 1.40 bits per heavy atom. The second kappa shape index (κ2) is 5.20. The first kappa shape index (κ1) is 13.1. The number of aromatic nitrogens is 2. The predicted molar refractivity (Wildman–Crippen MR) is 81.2 cm³/mol. The Balaban J connectivity index is 1.75. The molecule has 0 saturated carbocycles. The average Bonchev–Trinajstić information content (AvgIpc) is 2.75. The Bertz CT molecular complexity index is 646. The molecule has 0 atom stereocenters. The number of carbonyl (C=O) groups excluding carboxylic acids is 1. The number of fused-ring (bicyclic) bond motifs is 1. The van der Waals surface area contributed by atoms with Gasteiger partial charge in [0.25, 0.3) is 0 Å². The number of hydrogen-bond acceptors (Lipinski definition) is 4. The summed E-state index contributed by atoms with van der Waals surface area (Å²) in [6.07, 6.45) is 0. The van der Waals surface area contributed by atoms with Gasteiger partial charge in [-0.25, -0.2) is 0 Å². The van der Waals surface area contributed by atoms with Crippen LogP contribution in [0.3, 0.4) is 0 Å². The molecule has 1 aliphatic rings. The van der Waals surface area contributed by atoms with Crippen LogP contribution in [0.2, 0.25) is 0 Å². The Morgan fingerprint density at radius 2 is 2.25 bits per heavy atom. The summed E-state index contributed by atoms with van der Waals surface area (Å²) in [7, 11) is 0. The minimum atomic E-state index is 0.0566. The number of amides is 1. The molecule has 0 bridgehead atoms. The number of aryl methyl sites for hydroxylation is 2. The van der Waals surface area contributed by atoms with Crippen molar-refractivity contribution >= 4 is 29.0 Å². The lowest BCUT2D eigenvalue weighted by atomic mass is 10.2. The first-order valence-corrected chi connectivity index (χ1v) is 7.43. The summed E-state index contributed by atoms with van der Waals surface area (Å²) in [5, 5.41) is 13.4. The van der Waals surface area contributed by atoms with Crippen LogP contribution < -0.4 is 10.6 Å². The summed E-state index contributed by atoms with van der Waals surface area (Å²) < 4.78 is 0. The average molecular weight is 288 g/mol. The van der Waals surface area contributed by atoms with Gasteiger partial charge in [-0.2, -0.15) is 5.10 Å². The van der Waals surface area contributed by atoms with Crippen LogP contribution >= 0.6 is 11.8 Å². The number of carbonyl (C=O) groups is 1. The summed E-state index contributed by atoms with van der Waals surface area (Å²) in [6.45, 7) is 4.72. The van der Waals surface area contributed by atoms with Crippen molar-refractivity contribution in [3.05, 3.63) is 35.2 Å². The Labute approximate surface area is 121 Å². The van der Waals surface area contributed by atoms with E-state index in [1.807, 2.05) is 32.0 Å². The van der Waals surface area contributed by atoms with E-state index in [2.05, 4.69) is 20.8 Å². The minimum absolute atomic E-state index is 0.0566. The summed E-state index contributed by atoms with van der Waals surface area (Å²) in [6, 6.07) is 6.05. The normalized spacial score (nSPS) is 13.8. The second-order valence-electron chi connectivity index (χ2n) is 4.81. The number of anilines is 2. The van der Waals surface area contributed by atoms with E-state index in [1.54, 1.807) is 11.8 Å². The lowest BCUT2D eigenvalue weighted by Crippen LogP contribution is -2.18. The van der Waals surface area contributed by atoms with E-state index in [9.17, 15) is 4.79 Å². The van der Waals surface area contributed by atoms with Crippen molar-refractivity contribution in [3.8, 4) is 0 Å². The van der Waals surface area contributed by atoms with Crippen LogP contribution in [0.4, 0.5) is 11.4 Å². The van der Waals surface area contributed by atoms with Gasteiger partial charge in [0.05, 0.1) is 17.1 Å². The van der Waals surface area contributed by atoms with Crippen LogP contribution in [0.5, 0.6) is 0 Å². The fourth-order valence-corrected chi connectivity index (χ4v) is 3.01. The minimum Gasteiger partial charge on any atom is -0.381 e. The van der Waals surface area contributed by atoms with Crippen LogP contribution in [-0.2, 0) is 11.3 Å². The SMILES string of the molecule is Cc1n[nH]c(C)c1CNc1ccc2c(c1)NC(=O)CS2. The molecule has 6 heteroatoms. The second-order valence-corrected chi connectivity index (χ2v) is 5.83. The topological polar surface area (TPSA) is 69.8 Å². The van der Waals surface area contributed by atoms with Gasteiger partial charge in [-0.3, -0.25) is 9.89 Å². The van der Waals surface area contributed by atoms with Gasteiger partial charge in [-0.05, 0) is 32.0 Å². The van der Waals surface area contributed by atoms with E-state index in [4.69, 9.17) is 0 Å². The first-order chi connectivity index (χ1) is 9.63. The first-order valence-electron chi connectivity index (χ1n) is 6.44. The van der Waals surface area contributed by atoms with Crippen molar-refractivity contribution in [1.82, 2.24) is 10.2 Å². The third-order valence-corrected chi connectivity index (χ3v) is 4.44. The number of hydrogen-bond donors (Lipinski definition) is 3. The van der Waals surface area contributed by atoms with E-state index in [-0.39, 0.29) is 5.91 Å². The Hall–Kier alpha value is -1.95. The third kappa shape index (κ3) is 2.51. The fraction of sp³-hybridized carbons (Fsp3) is 0.286. The molecule has 0 saturated heterocycles. The largest absolute Gasteiger partial charge is 0.381 e. The molecule has 2 aromatic rings. The van der Waals surface area contributed by atoms with Crippen molar-refractivity contribution < 1.29 is 4.79 Å². The predicted octanol–water partition coefficient (Wildman–Crippen LogP) is 2.68. The van der Waals surface area contributed by atoms with Crippen LogP contribution in [0, 0.1) is 13.8 Å². The summed E-state index contributed by atoms with van der Waals surface area (Å²) in [5.74, 6) is 0.550. The molecule has 0 radical (unpaired) electrons. The number of nitrogens with zero attached hydrogens (tertiary/aromatic N) is 1. The molecule has 3 N–H and O–H groups in total. The van der Waals surface area contributed by atoms with Gasteiger partial charge >= 0.3 is 0 Å². The van der Waals surface area contributed by atoms with Crippen molar-refractivity contribution in [2.75, 3.05) is 16.4 Å². The zero-order chi connectivity index (χ0) is 14.1. The van der Waals surface area contributed by atoms with Gasteiger partial charge in [-0.15, -0.1) is 11.8 Å². The number of thioether (sulfide) groups is 1. The number of H-pyrrole nitrogens is 1. The maximum Gasteiger partial charge on any atom is 0.234 e. The smallest absolute Gasteiger partial charge is 0.234 e. The quantitative estimate of drug-likeness (QED) is 0.812. The molecule has 2 heterocycles. The van der Waals surface area contributed by atoms with Gasteiger partial charge in [0.2, 0.25) is 5.91 Å². The van der Waals surface area contributed by atoms with Gasteiger partial charge in [0, 0.05) is 28.4 Å². The van der Waals surface area contributed by atoms with Crippen molar-refractivity contribution in [2.45, 2.75) is 25.3 Å². The molecule has 1 aromatic heterocycles. The van der Waals surface area contributed by atoms with Gasteiger partial charge in [0.15, 0.2) is 0 Å². The van der Waals surface area contributed by atoms with Gasteiger partial charge in [-0.1, -0.05) is 0 Å². The molecule has 20 heavy (non-hydrogen) atoms. The standard InChI is InChI=1S/C14H16N4OS/c1-8-11(9(2)18-17-8)6-15-10-3-4-13-12(5-10)16-14(19)7-20-13/h3-5,15H,6-7H2,1-2H3,(H,16,19)(H,17,18). The van der Waals surface area contributed by atoms with Crippen LogP contribution in [-0.4, -0.2) is 21.9 Å². The van der Waals surface area contributed by atoms with Gasteiger partial charge < -0.3 is 10.6 Å². The van der Waals surface area contributed by atoms with Crippen LogP contribution in [0.1, 0.15) is 17.0 Å². The maximum atomic E-state index is 11.4. The van der Waals surface area contributed by atoms with E-state index in [0.717, 1.165) is 27.7 Å². The van der Waals surface area contributed by atoms with E-state index >= 15 is 0 Å². The molecule has 1 aliphatic heterocycles. The lowest BCUT2D eigenvalue weighted by molar-refractivity contribution is -0.113. The summed E-state index contributed by atoms with van der Waals surface area (Å²) in [4.78, 5) is 12.5. The van der Waals surface area contributed by atoms with Crippen molar-refractivity contribution in [3.63, 3.8) is 0 Å². The fourth-order valence-electron chi connectivity index (χ4n) is 2.22. The number of aromatic amines is 1. The molecule has 3 rings (SSSR count). The molecular weight excluding hydrogens is 272 g/mol. The lowest BCUT2D eigenvalue weighted by Gasteiger charge is -2.17. The van der Waals surface area contributed by atoms with E-state index in [1.165, 1.54) is 5.56 Å². The molecule has 5 nitrogen and oxygen atoms in total. The highest BCUT2D eigenvalue weighted by Gasteiger charge is 2.15. The summed E-state index contributed by atoms with van der Waals surface area (Å²) in [5.41, 5.74) is 5.15. The van der Waals surface area contributed by atoms with Crippen molar-refractivity contribution in [1.29, 1.82) is 0 Å². The highest BCUT2D eigenvalue weighted by molar-refractivity contribution is 8.00. The zero-order valence-electron chi connectivity index (χ0n) is 11.4. The molecule has 0 aliphatic carbocycles. The number of nitrogens with one attached hydrogen (secondary N) is 3. The monoisotopic (exact) mass is 288 g/mol. The van der Waals surface area contributed by atoms with Gasteiger partial charge in [0.1, 0.15) is 0 Å². The molecule has 0 fully saturated rings. The van der Waals surface area contributed by atoms with Crippen molar-refractivity contribution in [2.24, 2.45) is 0 Å². The molecule has 104 valence electrons. The molecule has 0 unspecified atom stereocenters. The van der Waals surface area contributed by atoms with Crippen LogP contribution in [0.15, 0.2) is 23.1 Å².